The summed E-state index contributed by atoms with van der Waals surface area (Å²) < 4.78 is 6.96. The second-order valence-electron chi connectivity index (χ2n) is 4.33. The Bertz CT molecular complexity index is 630. The molecule has 0 heterocycles. The highest BCUT2D eigenvalue weighted by Crippen LogP contribution is 2.27. The van der Waals surface area contributed by atoms with Gasteiger partial charge in [-0.25, -0.2) is 4.79 Å². The summed E-state index contributed by atoms with van der Waals surface area (Å²) in [7, 11) is 0. The van der Waals surface area contributed by atoms with Gasteiger partial charge in [-0.2, -0.15) is 0 Å². The molecule has 0 atom stereocenters. The van der Waals surface area contributed by atoms with Crippen LogP contribution in [0.15, 0.2) is 63.6 Å². The van der Waals surface area contributed by atoms with Gasteiger partial charge < -0.3 is 4.74 Å². The SMILES string of the molecule is CCOC(=O)C=C(c1cccc(Br)c1)c1cccc(Br)c1. The van der Waals surface area contributed by atoms with Gasteiger partial charge in [0.1, 0.15) is 0 Å². The molecule has 0 saturated carbocycles. The Kier molecular flexibility index (Phi) is 5.76. The summed E-state index contributed by atoms with van der Waals surface area (Å²) in [5.41, 5.74) is 2.74. The minimum atomic E-state index is -0.340. The van der Waals surface area contributed by atoms with E-state index in [1.807, 2.05) is 48.5 Å². The number of hydrogen-bond donors (Lipinski definition) is 0. The van der Waals surface area contributed by atoms with Crippen molar-refractivity contribution in [3.8, 4) is 0 Å². The van der Waals surface area contributed by atoms with E-state index >= 15 is 0 Å². The molecule has 0 spiro atoms. The van der Waals surface area contributed by atoms with Crippen LogP contribution in [-0.2, 0) is 9.53 Å². The Morgan fingerprint density at radius 2 is 1.57 bits per heavy atom. The lowest BCUT2D eigenvalue weighted by Crippen LogP contribution is -2.02. The third kappa shape index (κ3) is 4.55. The van der Waals surface area contributed by atoms with Crippen LogP contribution in [0.1, 0.15) is 18.1 Å². The molecule has 0 N–H and O–H groups in total. The lowest BCUT2D eigenvalue weighted by Gasteiger charge is -2.09. The van der Waals surface area contributed by atoms with Crippen molar-refractivity contribution >= 4 is 43.4 Å². The predicted molar refractivity (Wildman–Crippen MR) is 92.0 cm³/mol. The average molecular weight is 410 g/mol. The van der Waals surface area contributed by atoms with Crippen LogP contribution in [-0.4, -0.2) is 12.6 Å². The van der Waals surface area contributed by atoms with Crippen molar-refractivity contribution < 1.29 is 9.53 Å². The van der Waals surface area contributed by atoms with Crippen LogP contribution in [0, 0.1) is 0 Å². The van der Waals surface area contributed by atoms with E-state index in [4.69, 9.17) is 4.74 Å². The maximum atomic E-state index is 11.8. The molecule has 2 rings (SSSR count). The van der Waals surface area contributed by atoms with Crippen LogP contribution in [0.4, 0.5) is 0 Å². The molecule has 0 aliphatic heterocycles. The molecule has 2 aromatic rings. The van der Waals surface area contributed by atoms with Gasteiger partial charge in [-0.3, -0.25) is 0 Å². The lowest BCUT2D eigenvalue weighted by molar-refractivity contribution is -0.137. The summed E-state index contributed by atoms with van der Waals surface area (Å²) in [4.78, 5) is 11.8. The van der Waals surface area contributed by atoms with Crippen LogP contribution in [0.5, 0.6) is 0 Å². The van der Waals surface area contributed by atoms with Gasteiger partial charge in [0, 0.05) is 15.0 Å². The summed E-state index contributed by atoms with van der Waals surface area (Å²) in [6, 6.07) is 15.7. The van der Waals surface area contributed by atoms with E-state index in [-0.39, 0.29) is 5.97 Å². The molecule has 0 aromatic heterocycles. The van der Waals surface area contributed by atoms with E-state index in [1.54, 1.807) is 6.92 Å². The summed E-state index contributed by atoms with van der Waals surface area (Å²) in [6.45, 7) is 2.16. The fraction of sp³-hybridized carbons (Fsp3) is 0.118. The zero-order valence-corrected chi connectivity index (χ0v) is 14.6. The fourth-order valence-electron chi connectivity index (χ4n) is 1.95. The van der Waals surface area contributed by atoms with Crippen LogP contribution >= 0.6 is 31.9 Å². The van der Waals surface area contributed by atoms with Gasteiger partial charge in [0.2, 0.25) is 0 Å². The Labute approximate surface area is 141 Å². The number of ether oxygens (including phenoxy) is 1. The van der Waals surface area contributed by atoms with Crippen molar-refractivity contribution in [3.05, 3.63) is 74.7 Å². The monoisotopic (exact) mass is 408 g/mol. The molecule has 0 bridgehead atoms. The average Bonchev–Trinajstić information content (AvgIpc) is 2.45. The molecular weight excluding hydrogens is 396 g/mol. The third-order valence-electron chi connectivity index (χ3n) is 2.82. The van der Waals surface area contributed by atoms with E-state index in [2.05, 4.69) is 31.9 Å². The molecule has 0 saturated heterocycles. The lowest BCUT2D eigenvalue weighted by atomic mass is 9.98. The van der Waals surface area contributed by atoms with Crippen molar-refractivity contribution in [2.24, 2.45) is 0 Å². The minimum Gasteiger partial charge on any atom is -0.463 e. The number of carbonyl (C=O) groups is 1. The number of esters is 1. The molecule has 0 amide bonds. The predicted octanol–water partition coefficient (Wildman–Crippen LogP) is 5.21. The topological polar surface area (TPSA) is 26.3 Å². The molecule has 108 valence electrons. The summed E-state index contributed by atoms with van der Waals surface area (Å²) >= 11 is 6.92. The Morgan fingerprint density at radius 1 is 1.05 bits per heavy atom. The third-order valence-corrected chi connectivity index (χ3v) is 3.81. The van der Waals surface area contributed by atoms with E-state index in [0.717, 1.165) is 25.6 Å². The highest BCUT2D eigenvalue weighted by Gasteiger charge is 2.09. The molecule has 0 fully saturated rings. The van der Waals surface area contributed by atoms with E-state index in [1.165, 1.54) is 6.08 Å². The van der Waals surface area contributed by atoms with Crippen molar-refractivity contribution in [3.63, 3.8) is 0 Å². The van der Waals surface area contributed by atoms with Crippen molar-refractivity contribution in [1.82, 2.24) is 0 Å². The summed E-state index contributed by atoms with van der Waals surface area (Å²) in [6.07, 6.45) is 1.53. The largest absolute Gasteiger partial charge is 0.463 e. The van der Waals surface area contributed by atoms with Gasteiger partial charge in [0.25, 0.3) is 0 Å². The number of hydrogen-bond acceptors (Lipinski definition) is 2. The van der Waals surface area contributed by atoms with E-state index in [9.17, 15) is 4.79 Å². The van der Waals surface area contributed by atoms with Crippen LogP contribution < -0.4 is 0 Å². The van der Waals surface area contributed by atoms with Crippen LogP contribution in [0.25, 0.3) is 5.57 Å². The Balaban J connectivity index is 2.52. The summed E-state index contributed by atoms with van der Waals surface area (Å²) in [5.74, 6) is -0.340. The smallest absolute Gasteiger partial charge is 0.331 e. The molecule has 0 radical (unpaired) electrons. The first-order chi connectivity index (χ1) is 10.1. The molecular formula is C17H14Br2O2. The van der Waals surface area contributed by atoms with Gasteiger partial charge in [0.05, 0.1) is 6.61 Å². The number of carbonyl (C=O) groups excluding carboxylic acids is 1. The molecule has 0 aliphatic carbocycles. The molecule has 21 heavy (non-hydrogen) atoms. The van der Waals surface area contributed by atoms with Crippen molar-refractivity contribution in [2.75, 3.05) is 6.61 Å². The maximum Gasteiger partial charge on any atom is 0.331 e. The minimum absolute atomic E-state index is 0.340. The zero-order valence-electron chi connectivity index (χ0n) is 11.5. The van der Waals surface area contributed by atoms with Gasteiger partial charge in [-0.05, 0) is 47.9 Å². The number of benzene rings is 2. The van der Waals surface area contributed by atoms with Crippen molar-refractivity contribution in [1.29, 1.82) is 0 Å². The molecule has 4 heteroatoms. The van der Waals surface area contributed by atoms with Crippen LogP contribution in [0.3, 0.4) is 0 Å². The Hall–Kier alpha value is -1.39. The Morgan fingerprint density at radius 3 is 2.00 bits per heavy atom. The fourth-order valence-corrected chi connectivity index (χ4v) is 2.75. The van der Waals surface area contributed by atoms with Gasteiger partial charge in [0.15, 0.2) is 0 Å². The maximum absolute atomic E-state index is 11.8. The standard InChI is InChI=1S/C17H14Br2O2/c1-2-21-17(20)11-16(12-5-3-7-14(18)9-12)13-6-4-8-15(19)10-13/h3-11H,2H2,1H3. The van der Waals surface area contributed by atoms with Gasteiger partial charge in [-0.1, -0.05) is 56.1 Å². The molecule has 2 nitrogen and oxygen atoms in total. The second kappa shape index (κ2) is 7.57. The highest BCUT2D eigenvalue weighted by molar-refractivity contribution is 9.10. The second-order valence-corrected chi connectivity index (χ2v) is 6.16. The molecule has 0 aliphatic rings. The van der Waals surface area contributed by atoms with E-state index in [0.29, 0.717) is 6.61 Å². The number of halogens is 2. The first kappa shape index (κ1) is 16.0. The number of rotatable bonds is 4. The summed E-state index contributed by atoms with van der Waals surface area (Å²) in [5, 5.41) is 0. The van der Waals surface area contributed by atoms with Crippen molar-refractivity contribution in [2.45, 2.75) is 6.92 Å². The highest BCUT2D eigenvalue weighted by atomic mass is 79.9. The molecule has 2 aromatic carbocycles. The first-order valence-electron chi connectivity index (χ1n) is 6.50. The first-order valence-corrected chi connectivity index (χ1v) is 8.09. The van der Waals surface area contributed by atoms with Crippen LogP contribution in [0.2, 0.25) is 0 Å². The zero-order chi connectivity index (χ0) is 15.2. The van der Waals surface area contributed by atoms with Gasteiger partial charge in [-0.15, -0.1) is 0 Å². The quantitative estimate of drug-likeness (QED) is 0.512. The van der Waals surface area contributed by atoms with E-state index < -0.39 is 0 Å². The normalized spacial score (nSPS) is 10.0. The van der Waals surface area contributed by atoms with Gasteiger partial charge >= 0.3 is 5.97 Å². The molecule has 0 unspecified atom stereocenters.